The van der Waals surface area contributed by atoms with Crippen molar-refractivity contribution in [3.63, 3.8) is 0 Å². The summed E-state index contributed by atoms with van der Waals surface area (Å²) in [4.78, 5) is 12.3. The largest absolute Gasteiger partial charge is 0.457 e. The molecule has 0 saturated heterocycles. The molecule has 3 rings (SSSR count). The zero-order valence-electron chi connectivity index (χ0n) is 14.7. The Morgan fingerprint density at radius 2 is 1.50 bits per heavy atom. The van der Waals surface area contributed by atoms with Gasteiger partial charge in [-0.2, -0.15) is 5.26 Å². The van der Waals surface area contributed by atoms with Crippen LogP contribution in [0.3, 0.4) is 0 Å². The summed E-state index contributed by atoms with van der Waals surface area (Å²) < 4.78 is 18.6. The standard InChI is InChI=1S/C22H16FN3O2/c23-17-6-8-18(9-7-17)25-15-16(14-24)22(27)26-19-10-12-21(13-11-19)28-20-4-2-1-3-5-20/h1-13,15,25H,(H,26,27)/b16-15-. The third-order valence-corrected chi connectivity index (χ3v) is 3.68. The predicted octanol–water partition coefficient (Wildman–Crippen LogP) is 5.08. The van der Waals surface area contributed by atoms with Crippen molar-refractivity contribution in [3.05, 3.63) is 96.5 Å². The molecule has 0 aromatic heterocycles. The average molecular weight is 373 g/mol. The number of anilines is 2. The fourth-order valence-electron chi connectivity index (χ4n) is 2.28. The molecule has 2 N–H and O–H groups in total. The van der Waals surface area contributed by atoms with Crippen LogP contribution in [-0.2, 0) is 4.79 Å². The summed E-state index contributed by atoms with van der Waals surface area (Å²) >= 11 is 0. The van der Waals surface area contributed by atoms with Crippen molar-refractivity contribution in [1.29, 1.82) is 5.26 Å². The average Bonchev–Trinajstić information content (AvgIpc) is 2.72. The van der Waals surface area contributed by atoms with Gasteiger partial charge in [-0.25, -0.2) is 4.39 Å². The Morgan fingerprint density at radius 1 is 0.893 bits per heavy atom. The Morgan fingerprint density at radius 3 is 2.14 bits per heavy atom. The van der Waals surface area contributed by atoms with E-state index in [1.807, 2.05) is 36.4 Å². The highest BCUT2D eigenvalue weighted by Crippen LogP contribution is 2.22. The summed E-state index contributed by atoms with van der Waals surface area (Å²) in [7, 11) is 0. The molecule has 0 bridgehead atoms. The summed E-state index contributed by atoms with van der Waals surface area (Å²) in [5, 5.41) is 14.6. The van der Waals surface area contributed by atoms with Gasteiger partial charge in [-0.3, -0.25) is 4.79 Å². The van der Waals surface area contributed by atoms with Gasteiger partial charge < -0.3 is 15.4 Å². The Labute approximate surface area is 161 Å². The first-order valence-electron chi connectivity index (χ1n) is 8.41. The Hall–Kier alpha value is -4.11. The van der Waals surface area contributed by atoms with Gasteiger partial charge in [0.15, 0.2) is 0 Å². The molecule has 3 aromatic carbocycles. The van der Waals surface area contributed by atoms with E-state index in [0.717, 1.165) is 0 Å². The molecular formula is C22H16FN3O2. The number of rotatable bonds is 6. The second-order valence-electron chi connectivity index (χ2n) is 5.71. The highest BCUT2D eigenvalue weighted by molar-refractivity contribution is 6.06. The monoisotopic (exact) mass is 373 g/mol. The molecule has 0 fully saturated rings. The minimum absolute atomic E-state index is 0.117. The van der Waals surface area contributed by atoms with Gasteiger partial charge in [0.2, 0.25) is 0 Å². The summed E-state index contributed by atoms with van der Waals surface area (Å²) in [5.41, 5.74) is 0.964. The molecule has 1 amide bonds. The molecule has 28 heavy (non-hydrogen) atoms. The molecular weight excluding hydrogens is 357 g/mol. The lowest BCUT2D eigenvalue weighted by molar-refractivity contribution is -0.112. The van der Waals surface area contributed by atoms with E-state index >= 15 is 0 Å². The second-order valence-corrected chi connectivity index (χ2v) is 5.71. The first-order chi connectivity index (χ1) is 13.6. The third-order valence-electron chi connectivity index (χ3n) is 3.68. The van der Waals surface area contributed by atoms with Gasteiger partial charge in [-0.05, 0) is 60.7 Å². The van der Waals surface area contributed by atoms with Crippen LogP contribution in [0.1, 0.15) is 0 Å². The van der Waals surface area contributed by atoms with Crippen LogP contribution in [-0.4, -0.2) is 5.91 Å². The van der Waals surface area contributed by atoms with Crippen molar-refractivity contribution >= 4 is 17.3 Å². The van der Waals surface area contributed by atoms with E-state index in [1.165, 1.54) is 30.5 Å². The van der Waals surface area contributed by atoms with Gasteiger partial charge in [0, 0.05) is 17.6 Å². The van der Waals surface area contributed by atoms with Crippen molar-refractivity contribution < 1.29 is 13.9 Å². The van der Waals surface area contributed by atoms with Gasteiger partial charge >= 0.3 is 0 Å². The molecule has 6 heteroatoms. The highest BCUT2D eigenvalue weighted by Gasteiger charge is 2.09. The maximum atomic E-state index is 12.9. The lowest BCUT2D eigenvalue weighted by Crippen LogP contribution is -2.14. The molecule has 0 heterocycles. The van der Waals surface area contributed by atoms with Crippen LogP contribution in [0.5, 0.6) is 11.5 Å². The number of carbonyl (C=O) groups excluding carboxylic acids is 1. The van der Waals surface area contributed by atoms with Gasteiger partial charge in [-0.15, -0.1) is 0 Å². The van der Waals surface area contributed by atoms with E-state index in [-0.39, 0.29) is 11.4 Å². The summed E-state index contributed by atoms with van der Waals surface area (Å²) in [5.74, 6) is 0.403. The number of hydrogen-bond donors (Lipinski definition) is 2. The van der Waals surface area contributed by atoms with Crippen LogP contribution in [0.4, 0.5) is 15.8 Å². The van der Waals surface area contributed by atoms with Crippen LogP contribution >= 0.6 is 0 Å². The molecule has 0 aliphatic rings. The van der Waals surface area contributed by atoms with Gasteiger partial charge in [0.1, 0.15) is 29.0 Å². The van der Waals surface area contributed by atoms with E-state index < -0.39 is 5.91 Å². The lowest BCUT2D eigenvalue weighted by atomic mass is 10.2. The lowest BCUT2D eigenvalue weighted by Gasteiger charge is -2.08. The number of benzene rings is 3. The van der Waals surface area contributed by atoms with Crippen molar-refractivity contribution in [3.8, 4) is 17.6 Å². The molecule has 138 valence electrons. The van der Waals surface area contributed by atoms with Crippen molar-refractivity contribution in [1.82, 2.24) is 0 Å². The zero-order valence-corrected chi connectivity index (χ0v) is 14.7. The smallest absolute Gasteiger partial charge is 0.267 e. The van der Waals surface area contributed by atoms with Gasteiger partial charge in [0.05, 0.1) is 0 Å². The Bertz CT molecular complexity index is 1010. The number of nitrogens with one attached hydrogen (secondary N) is 2. The van der Waals surface area contributed by atoms with E-state index in [2.05, 4.69) is 10.6 Å². The van der Waals surface area contributed by atoms with Crippen molar-refractivity contribution in [2.24, 2.45) is 0 Å². The molecule has 0 saturated carbocycles. The molecule has 0 radical (unpaired) electrons. The number of para-hydroxylation sites is 1. The zero-order chi connectivity index (χ0) is 19.8. The summed E-state index contributed by atoms with van der Waals surface area (Å²) in [6, 6.07) is 23.5. The number of hydrogen-bond acceptors (Lipinski definition) is 4. The number of ether oxygens (including phenoxy) is 1. The summed E-state index contributed by atoms with van der Waals surface area (Å²) in [6.45, 7) is 0. The van der Waals surface area contributed by atoms with Crippen molar-refractivity contribution in [2.75, 3.05) is 10.6 Å². The fourth-order valence-corrected chi connectivity index (χ4v) is 2.28. The van der Waals surface area contributed by atoms with Gasteiger partial charge in [-0.1, -0.05) is 18.2 Å². The van der Waals surface area contributed by atoms with Crippen LogP contribution in [0.25, 0.3) is 0 Å². The normalized spacial score (nSPS) is 10.6. The molecule has 0 aliphatic carbocycles. The first kappa shape index (κ1) is 18.7. The molecule has 0 atom stereocenters. The van der Waals surface area contributed by atoms with Crippen molar-refractivity contribution in [2.45, 2.75) is 0 Å². The van der Waals surface area contributed by atoms with E-state index in [0.29, 0.717) is 22.9 Å². The number of carbonyl (C=O) groups is 1. The minimum Gasteiger partial charge on any atom is -0.457 e. The quantitative estimate of drug-likeness (QED) is 0.467. The Balaban J connectivity index is 1.61. The maximum absolute atomic E-state index is 12.9. The molecule has 3 aromatic rings. The van der Waals surface area contributed by atoms with Gasteiger partial charge in [0.25, 0.3) is 5.91 Å². The summed E-state index contributed by atoms with van der Waals surface area (Å²) in [6.07, 6.45) is 1.27. The Kier molecular flexibility index (Phi) is 6.01. The molecule has 0 spiro atoms. The van der Waals surface area contributed by atoms with Crippen LogP contribution < -0.4 is 15.4 Å². The molecule has 5 nitrogen and oxygen atoms in total. The number of amides is 1. The van der Waals surface area contributed by atoms with Crippen LogP contribution in [0.15, 0.2) is 90.6 Å². The number of halogens is 1. The first-order valence-corrected chi connectivity index (χ1v) is 8.41. The maximum Gasteiger partial charge on any atom is 0.267 e. The fraction of sp³-hybridized carbons (Fsp3) is 0. The minimum atomic E-state index is -0.561. The predicted molar refractivity (Wildman–Crippen MR) is 105 cm³/mol. The van der Waals surface area contributed by atoms with Crippen LogP contribution in [0.2, 0.25) is 0 Å². The van der Waals surface area contributed by atoms with E-state index in [9.17, 15) is 14.4 Å². The van der Waals surface area contributed by atoms with Crippen LogP contribution in [0, 0.1) is 17.1 Å². The second kappa shape index (κ2) is 9.01. The topological polar surface area (TPSA) is 74.2 Å². The number of nitrogens with zero attached hydrogens (tertiary/aromatic N) is 1. The molecule has 0 unspecified atom stereocenters. The number of nitriles is 1. The molecule has 0 aliphatic heterocycles. The third kappa shape index (κ3) is 5.19. The highest BCUT2D eigenvalue weighted by atomic mass is 19.1. The SMILES string of the molecule is N#C/C(=C/Nc1ccc(F)cc1)C(=O)Nc1ccc(Oc2ccccc2)cc1. The van der Waals surface area contributed by atoms with E-state index in [1.54, 1.807) is 24.3 Å². The van der Waals surface area contributed by atoms with E-state index in [4.69, 9.17) is 4.74 Å².